The van der Waals surface area contributed by atoms with E-state index in [1.807, 2.05) is 48.5 Å². The first-order chi connectivity index (χ1) is 16.5. The van der Waals surface area contributed by atoms with Gasteiger partial charge in [-0.25, -0.2) is 18.1 Å². The number of sulfonamides is 1. The number of rotatable bonds is 6. The Morgan fingerprint density at radius 1 is 0.971 bits per heavy atom. The van der Waals surface area contributed by atoms with Crippen LogP contribution in [0.1, 0.15) is 27.0 Å². The summed E-state index contributed by atoms with van der Waals surface area (Å²) in [5.41, 5.74) is 4.27. The van der Waals surface area contributed by atoms with Gasteiger partial charge in [0.05, 0.1) is 10.6 Å². The molecule has 172 valence electrons. The second kappa shape index (κ2) is 9.20. The van der Waals surface area contributed by atoms with E-state index in [2.05, 4.69) is 15.4 Å². The van der Waals surface area contributed by atoms with E-state index in [0.717, 1.165) is 16.8 Å². The van der Waals surface area contributed by atoms with Gasteiger partial charge in [0.2, 0.25) is 10.0 Å². The van der Waals surface area contributed by atoms with E-state index in [1.54, 1.807) is 23.1 Å². The standard InChI is InChI=1S/C25H23N5O3S/c31-25(27-15-19-8-10-23(11-9-19)30-18-26-17-28-30)21-6-3-7-24(14-21)34(32,33)29-13-12-20-4-1-2-5-22(20)16-29/h1-11,14,17-18H,12-13,15-16H2,(H,27,31). The van der Waals surface area contributed by atoms with E-state index in [1.165, 1.54) is 28.3 Å². The Bertz CT molecular complexity index is 1420. The number of amides is 1. The molecule has 1 N–H and O–H groups in total. The number of hydrogen-bond donors (Lipinski definition) is 1. The Morgan fingerprint density at radius 2 is 1.76 bits per heavy atom. The molecule has 0 unspecified atom stereocenters. The van der Waals surface area contributed by atoms with Crippen LogP contribution in [-0.2, 0) is 29.5 Å². The van der Waals surface area contributed by atoms with Crippen LogP contribution in [0.5, 0.6) is 0 Å². The molecule has 0 saturated carbocycles. The van der Waals surface area contributed by atoms with Gasteiger partial charge in [-0.3, -0.25) is 4.79 Å². The summed E-state index contributed by atoms with van der Waals surface area (Å²) in [6.45, 7) is 1.07. The van der Waals surface area contributed by atoms with Gasteiger partial charge in [0.25, 0.3) is 5.91 Å². The molecule has 0 saturated heterocycles. The van der Waals surface area contributed by atoms with E-state index < -0.39 is 10.0 Å². The average molecular weight is 474 g/mol. The number of aromatic nitrogens is 3. The van der Waals surface area contributed by atoms with Crippen molar-refractivity contribution in [3.8, 4) is 5.69 Å². The van der Waals surface area contributed by atoms with Crippen molar-refractivity contribution in [3.05, 3.63) is 108 Å². The Labute approximate surface area is 197 Å². The van der Waals surface area contributed by atoms with E-state index >= 15 is 0 Å². The van der Waals surface area contributed by atoms with Crippen LogP contribution in [-0.4, -0.2) is 39.9 Å². The van der Waals surface area contributed by atoms with Crippen LogP contribution < -0.4 is 5.32 Å². The first kappa shape index (κ1) is 22.0. The van der Waals surface area contributed by atoms with Crippen molar-refractivity contribution >= 4 is 15.9 Å². The van der Waals surface area contributed by atoms with Gasteiger partial charge in [0.1, 0.15) is 12.7 Å². The smallest absolute Gasteiger partial charge is 0.251 e. The van der Waals surface area contributed by atoms with Gasteiger partial charge in [-0.05, 0) is 53.4 Å². The van der Waals surface area contributed by atoms with E-state index in [0.29, 0.717) is 31.6 Å². The highest BCUT2D eigenvalue weighted by Crippen LogP contribution is 2.25. The zero-order valence-corrected chi connectivity index (χ0v) is 19.1. The fourth-order valence-corrected chi connectivity index (χ4v) is 5.48. The monoisotopic (exact) mass is 473 g/mol. The number of nitrogens with zero attached hydrogens (tertiary/aromatic N) is 4. The molecule has 8 nitrogen and oxygen atoms in total. The molecule has 3 aromatic carbocycles. The van der Waals surface area contributed by atoms with E-state index in [9.17, 15) is 13.2 Å². The summed E-state index contributed by atoms with van der Waals surface area (Å²) in [5, 5.41) is 6.94. The molecule has 1 aliphatic rings. The molecule has 34 heavy (non-hydrogen) atoms. The molecular formula is C25H23N5O3S. The molecular weight excluding hydrogens is 450 g/mol. The third kappa shape index (κ3) is 4.48. The van der Waals surface area contributed by atoms with Crippen molar-refractivity contribution in [1.82, 2.24) is 24.4 Å². The maximum atomic E-state index is 13.3. The number of hydrogen-bond acceptors (Lipinski definition) is 5. The zero-order chi connectivity index (χ0) is 23.5. The minimum absolute atomic E-state index is 0.122. The van der Waals surface area contributed by atoms with Gasteiger partial charge in [-0.1, -0.05) is 42.5 Å². The molecule has 1 aliphatic heterocycles. The lowest BCUT2D eigenvalue weighted by Gasteiger charge is -2.28. The quantitative estimate of drug-likeness (QED) is 0.464. The number of carbonyl (C=O) groups excluding carboxylic acids is 1. The maximum absolute atomic E-state index is 13.3. The Balaban J connectivity index is 1.26. The van der Waals surface area contributed by atoms with Crippen LogP contribution in [0.15, 0.2) is 90.3 Å². The molecule has 0 atom stereocenters. The molecule has 0 spiro atoms. The first-order valence-corrected chi connectivity index (χ1v) is 12.3. The van der Waals surface area contributed by atoms with Crippen molar-refractivity contribution in [3.63, 3.8) is 0 Å². The van der Waals surface area contributed by atoms with Crippen molar-refractivity contribution in [2.45, 2.75) is 24.4 Å². The number of carbonyl (C=O) groups is 1. The fourth-order valence-electron chi connectivity index (χ4n) is 4.01. The Kier molecular flexibility index (Phi) is 5.95. The SMILES string of the molecule is O=C(NCc1ccc(-n2cncn2)cc1)c1cccc(S(=O)(=O)N2CCc3ccccc3C2)c1. The number of fused-ring (bicyclic) bond motifs is 1. The van der Waals surface area contributed by atoms with Gasteiger partial charge in [-0.15, -0.1) is 0 Å². The molecule has 1 amide bonds. The Hall–Kier alpha value is -3.82. The lowest BCUT2D eigenvalue weighted by atomic mass is 10.0. The normalized spacial score (nSPS) is 13.9. The second-order valence-electron chi connectivity index (χ2n) is 8.07. The van der Waals surface area contributed by atoms with Crippen molar-refractivity contribution in [2.24, 2.45) is 0 Å². The van der Waals surface area contributed by atoms with Crippen LogP contribution in [0.3, 0.4) is 0 Å². The third-order valence-electron chi connectivity index (χ3n) is 5.90. The van der Waals surface area contributed by atoms with Gasteiger partial charge in [0.15, 0.2) is 0 Å². The predicted molar refractivity (Wildman–Crippen MR) is 127 cm³/mol. The minimum Gasteiger partial charge on any atom is -0.348 e. The molecule has 2 heterocycles. The van der Waals surface area contributed by atoms with Crippen LogP contribution >= 0.6 is 0 Å². The van der Waals surface area contributed by atoms with Crippen molar-refractivity contribution in [2.75, 3.05) is 6.54 Å². The summed E-state index contributed by atoms with van der Waals surface area (Å²) in [7, 11) is -3.71. The largest absolute Gasteiger partial charge is 0.348 e. The highest BCUT2D eigenvalue weighted by molar-refractivity contribution is 7.89. The van der Waals surface area contributed by atoms with E-state index in [-0.39, 0.29) is 10.8 Å². The van der Waals surface area contributed by atoms with Crippen LogP contribution in [0.4, 0.5) is 0 Å². The minimum atomic E-state index is -3.71. The topological polar surface area (TPSA) is 97.2 Å². The lowest BCUT2D eigenvalue weighted by Crippen LogP contribution is -2.36. The lowest BCUT2D eigenvalue weighted by molar-refractivity contribution is 0.0950. The van der Waals surface area contributed by atoms with Gasteiger partial charge in [0, 0.05) is 25.2 Å². The molecule has 0 radical (unpaired) electrons. The number of nitrogens with one attached hydrogen (secondary N) is 1. The molecule has 0 aliphatic carbocycles. The summed E-state index contributed by atoms with van der Waals surface area (Å²) in [6, 6.07) is 21.7. The molecule has 1 aromatic heterocycles. The molecule has 0 fully saturated rings. The van der Waals surface area contributed by atoms with Crippen molar-refractivity contribution in [1.29, 1.82) is 0 Å². The number of benzene rings is 3. The van der Waals surface area contributed by atoms with Crippen LogP contribution in [0.2, 0.25) is 0 Å². The molecule has 5 rings (SSSR count). The van der Waals surface area contributed by atoms with E-state index in [4.69, 9.17) is 0 Å². The highest BCUT2D eigenvalue weighted by atomic mass is 32.2. The summed E-state index contributed by atoms with van der Waals surface area (Å²) in [5.74, 6) is -0.332. The van der Waals surface area contributed by atoms with Crippen LogP contribution in [0.25, 0.3) is 5.69 Å². The van der Waals surface area contributed by atoms with Crippen molar-refractivity contribution < 1.29 is 13.2 Å². The molecule has 4 aromatic rings. The molecule has 9 heteroatoms. The summed E-state index contributed by atoms with van der Waals surface area (Å²) in [4.78, 5) is 16.8. The Morgan fingerprint density at radius 3 is 2.53 bits per heavy atom. The predicted octanol–water partition coefficient (Wildman–Crippen LogP) is 2.94. The first-order valence-electron chi connectivity index (χ1n) is 10.9. The molecule has 0 bridgehead atoms. The average Bonchev–Trinajstić information content (AvgIpc) is 3.42. The third-order valence-corrected chi connectivity index (χ3v) is 7.74. The zero-order valence-electron chi connectivity index (χ0n) is 18.3. The summed E-state index contributed by atoms with van der Waals surface area (Å²) in [6.07, 6.45) is 3.75. The summed E-state index contributed by atoms with van der Waals surface area (Å²) < 4.78 is 29.6. The maximum Gasteiger partial charge on any atom is 0.251 e. The highest BCUT2D eigenvalue weighted by Gasteiger charge is 2.28. The van der Waals surface area contributed by atoms with Gasteiger partial charge in [-0.2, -0.15) is 9.40 Å². The second-order valence-corrected chi connectivity index (χ2v) is 10.0. The summed E-state index contributed by atoms with van der Waals surface area (Å²) >= 11 is 0. The fraction of sp³-hybridized carbons (Fsp3) is 0.160. The van der Waals surface area contributed by atoms with Gasteiger partial charge < -0.3 is 5.32 Å². The van der Waals surface area contributed by atoms with Gasteiger partial charge >= 0.3 is 0 Å². The van der Waals surface area contributed by atoms with Crippen LogP contribution in [0, 0.1) is 0 Å².